The summed E-state index contributed by atoms with van der Waals surface area (Å²) in [7, 11) is 1.72. The highest BCUT2D eigenvalue weighted by molar-refractivity contribution is 5.99. The van der Waals surface area contributed by atoms with Gasteiger partial charge in [-0.15, -0.1) is 0 Å². The van der Waals surface area contributed by atoms with Gasteiger partial charge in [0.25, 0.3) is 0 Å². The minimum Gasteiger partial charge on any atom is -0.308 e. The van der Waals surface area contributed by atoms with E-state index in [4.69, 9.17) is 5.84 Å². The fourth-order valence-corrected chi connectivity index (χ4v) is 1.32. The molecule has 0 unspecified atom stereocenters. The molecule has 13 heavy (non-hydrogen) atoms. The Morgan fingerprint density at radius 2 is 2.15 bits per heavy atom. The number of benzene rings is 1. The fourth-order valence-electron chi connectivity index (χ4n) is 1.32. The molecule has 1 aromatic rings. The number of aliphatic imine (C=N–C) groups is 1. The molecule has 0 aromatic heterocycles. The summed E-state index contributed by atoms with van der Waals surface area (Å²) in [6.07, 6.45) is 0.983. The normalized spacial score (nSPS) is 11.5. The molecule has 3 heteroatoms. The molecule has 0 spiro atoms. The van der Waals surface area contributed by atoms with Gasteiger partial charge in [0.2, 0.25) is 0 Å². The summed E-state index contributed by atoms with van der Waals surface area (Å²) in [6.45, 7) is 2.11. The Bertz CT molecular complexity index is 305. The number of hydrogen-bond acceptors (Lipinski definition) is 2. The lowest BCUT2D eigenvalue weighted by molar-refractivity contribution is 1.01. The fraction of sp³-hybridized carbons (Fsp3) is 0.300. The van der Waals surface area contributed by atoms with Crippen molar-refractivity contribution < 1.29 is 0 Å². The average molecular weight is 177 g/mol. The van der Waals surface area contributed by atoms with Crippen LogP contribution in [0, 0.1) is 0 Å². The van der Waals surface area contributed by atoms with Gasteiger partial charge in [0.05, 0.1) is 0 Å². The van der Waals surface area contributed by atoms with E-state index >= 15 is 0 Å². The van der Waals surface area contributed by atoms with Gasteiger partial charge in [-0.1, -0.05) is 31.2 Å². The van der Waals surface area contributed by atoms with Gasteiger partial charge in [-0.3, -0.25) is 4.99 Å². The minimum absolute atomic E-state index is 0.734. The van der Waals surface area contributed by atoms with Crippen molar-refractivity contribution in [2.45, 2.75) is 13.3 Å². The van der Waals surface area contributed by atoms with Crippen molar-refractivity contribution in [2.24, 2.45) is 10.8 Å². The maximum absolute atomic E-state index is 5.36. The zero-order valence-electron chi connectivity index (χ0n) is 8.04. The molecule has 0 saturated carbocycles. The van der Waals surface area contributed by atoms with Gasteiger partial charge in [0.15, 0.2) is 0 Å². The van der Waals surface area contributed by atoms with Crippen LogP contribution in [0.3, 0.4) is 0 Å². The summed E-state index contributed by atoms with van der Waals surface area (Å²) in [5.41, 5.74) is 4.92. The number of amidine groups is 1. The van der Waals surface area contributed by atoms with Crippen LogP contribution in [0.15, 0.2) is 29.3 Å². The third-order valence-corrected chi connectivity index (χ3v) is 2.01. The largest absolute Gasteiger partial charge is 0.308 e. The molecule has 1 rings (SSSR count). The van der Waals surface area contributed by atoms with Crippen molar-refractivity contribution >= 4 is 5.84 Å². The zero-order chi connectivity index (χ0) is 9.68. The smallest absolute Gasteiger partial charge is 0.142 e. The van der Waals surface area contributed by atoms with Gasteiger partial charge in [-0.2, -0.15) is 0 Å². The molecular formula is C10H15N3. The summed E-state index contributed by atoms with van der Waals surface area (Å²) in [5.74, 6) is 6.09. The Balaban J connectivity index is 3.12. The molecule has 0 heterocycles. The highest BCUT2D eigenvalue weighted by atomic mass is 15.2. The van der Waals surface area contributed by atoms with Gasteiger partial charge >= 0.3 is 0 Å². The Morgan fingerprint density at radius 1 is 1.46 bits per heavy atom. The van der Waals surface area contributed by atoms with Crippen LogP contribution in [0.4, 0.5) is 0 Å². The van der Waals surface area contributed by atoms with E-state index in [0.29, 0.717) is 0 Å². The molecule has 3 nitrogen and oxygen atoms in total. The molecule has 0 bridgehead atoms. The summed E-state index contributed by atoms with van der Waals surface area (Å²) >= 11 is 0. The number of nitrogens with one attached hydrogen (secondary N) is 1. The average Bonchev–Trinajstić information content (AvgIpc) is 2.20. The summed E-state index contributed by atoms with van der Waals surface area (Å²) in [4.78, 5) is 4.07. The van der Waals surface area contributed by atoms with E-state index in [0.717, 1.165) is 17.8 Å². The van der Waals surface area contributed by atoms with Crippen molar-refractivity contribution in [3.8, 4) is 0 Å². The maximum atomic E-state index is 5.36. The highest BCUT2D eigenvalue weighted by Gasteiger charge is 2.04. The van der Waals surface area contributed by atoms with Crippen LogP contribution in [0.5, 0.6) is 0 Å². The van der Waals surface area contributed by atoms with Crippen molar-refractivity contribution in [3.63, 3.8) is 0 Å². The lowest BCUT2D eigenvalue weighted by atomic mass is 10.0. The third-order valence-electron chi connectivity index (χ3n) is 2.01. The molecule has 0 saturated heterocycles. The van der Waals surface area contributed by atoms with Gasteiger partial charge in [-0.25, -0.2) is 5.84 Å². The first kappa shape index (κ1) is 9.74. The first-order valence-corrected chi connectivity index (χ1v) is 4.35. The molecule has 1 aromatic carbocycles. The van der Waals surface area contributed by atoms with Gasteiger partial charge in [0.1, 0.15) is 5.84 Å². The second-order valence-corrected chi connectivity index (χ2v) is 2.73. The van der Waals surface area contributed by atoms with Crippen LogP contribution < -0.4 is 11.3 Å². The first-order valence-electron chi connectivity index (χ1n) is 4.35. The summed E-state index contributed by atoms with van der Waals surface area (Å²) < 4.78 is 0. The van der Waals surface area contributed by atoms with Crippen LogP contribution in [-0.2, 0) is 6.42 Å². The number of hydrogen-bond donors (Lipinski definition) is 2. The van der Waals surface area contributed by atoms with Crippen LogP contribution in [0.25, 0.3) is 0 Å². The Morgan fingerprint density at radius 3 is 2.69 bits per heavy atom. The van der Waals surface area contributed by atoms with Crippen molar-refractivity contribution in [1.82, 2.24) is 5.43 Å². The second-order valence-electron chi connectivity index (χ2n) is 2.73. The molecule has 0 atom stereocenters. The van der Waals surface area contributed by atoms with E-state index in [9.17, 15) is 0 Å². The Hall–Kier alpha value is -1.35. The SMILES string of the molecule is CCc1ccccc1C(=NC)NN. The van der Waals surface area contributed by atoms with Crippen LogP contribution >= 0.6 is 0 Å². The first-order chi connectivity index (χ1) is 6.33. The van der Waals surface area contributed by atoms with Crippen molar-refractivity contribution in [3.05, 3.63) is 35.4 Å². The highest BCUT2D eigenvalue weighted by Crippen LogP contribution is 2.09. The van der Waals surface area contributed by atoms with Crippen molar-refractivity contribution in [2.75, 3.05) is 7.05 Å². The molecule has 0 aliphatic carbocycles. The van der Waals surface area contributed by atoms with E-state index < -0.39 is 0 Å². The zero-order valence-corrected chi connectivity index (χ0v) is 8.04. The predicted octanol–water partition coefficient (Wildman–Crippen LogP) is 1.09. The number of rotatable bonds is 2. The van der Waals surface area contributed by atoms with E-state index in [2.05, 4.69) is 23.4 Å². The molecule has 0 radical (unpaired) electrons. The molecule has 70 valence electrons. The van der Waals surface area contributed by atoms with Gasteiger partial charge < -0.3 is 5.43 Å². The molecule has 0 aliphatic rings. The maximum Gasteiger partial charge on any atom is 0.142 e. The van der Waals surface area contributed by atoms with Crippen LogP contribution in [0.1, 0.15) is 18.1 Å². The van der Waals surface area contributed by atoms with E-state index in [1.165, 1.54) is 5.56 Å². The molecular weight excluding hydrogens is 162 g/mol. The lowest BCUT2D eigenvalue weighted by Gasteiger charge is -2.08. The Kier molecular flexibility index (Phi) is 3.46. The minimum atomic E-state index is 0.734. The molecule has 0 amide bonds. The quantitative estimate of drug-likeness (QED) is 0.307. The summed E-state index contributed by atoms with van der Waals surface area (Å²) in [6, 6.07) is 8.10. The number of nitrogens with zero attached hydrogens (tertiary/aromatic N) is 1. The predicted molar refractivity (Wildman–Crippen MR) is 55.6 cm³/mol. The van der Waals surface area contributed by atoms with Gasteiger partial charge in [-0.05, 0) is 12.0 Å². The van der Waals surface area contributed by atoms with E-state index in [1.54, 1.807) is 7.05 Å². The number of nitrogens with two attached hydrogens (primary N) is 1. The molecule has 0 fully saturated rings. The van der Waals surface area contributed by atoms with Gasteiger partial charge in [0, 0.05) is 12.6 Å². The number of hydrazine groups is 1. The van der Waals surface area contributed by atoms with Crippen LogP contribution in [0.2, 0.25) is 0 Å². The monoisotopic (exact) mass is 177 g/mol. The summed E-state index contributed by atoms with van der Waals surface area (Å²) in [5, 5.41) is 0. The van der Waals surface area contributed by atoms with Crippen LogP contribution in [-0.4, -0.2) is 12.9 Å². The van der Waals surface area contributed by atoms with E-state index in [-0.39, 0.29) is 0 Å². The number of aryl methyl sites for hydroxylation is 1. The molecule has 0 aliphatic heterocycles. The Labute approximate surface area is 78.6 Å². The lowest BCUT2D eigenvalue weighted by Crippen LogP contribution is -2.31. The second kappa shape index (κ2) is 4.62. The topological polar surface area (TPSA) is 50.4 Å². The third kappa shape index (κ3) is 2.06. The van der Waals surface area contributed by atoms with Crippen molar-refractivity contribution in [1.29, 1.82) is 0 Å². The standard InChI is InChI=1S/C10H15N3/c1-3-8-6-4-5-7-9(8)10(12-2)13-11/h4-7H,3,11H2,1-2H3,(H,12,13). The molecule has 3 N–H and O–H groups in total. The van der Waals surface area contributed by atoms with E-state index in [1.807, 2.05) is 18.2 Å².